The summed E-state index contributed by atoms with van der Waals surface area (Å²) < 4.78 is 0. The molecule has 0 atom stereocenters. The van der Waals surface area contributed by atoms with Crippen molar-refractivity contribution in [2.75, 3.05) is 11.1 Å². The van der Waals surface area contributed by atoms with E-state index in [0.717, 1.165) is 24.8 Å². The summed E-state index contributed by atoms with van der Waals surface area (Å²) in [5.41, 5.74) is 9.02. The molecule has 0 radical (unpaired) electrons. The molecule has 0 fully saturated rings. The minimum atomic E-state index is -0.164. The van der Waals surface area contributed by atoms with Gasteiger partial charge in [0.05, 0.1) is 10.6 Å². The van der Waals surface area contributed by atoms with E-state index in [4.69, 9.17) is 5.73 Å². The average Bonchev–Trinajstić information content (AvgIpc) is 2.98. The van der Waals surface area contributed by atoms with E-state index in [1.165, 1.54) is 23.1 Å². The highest BCUT2D eigenvalue weighted by atomic mass is 32.1. The number of ketones is 1. The molecule has 1 aromatic carbocycles. The van der Waals surface area contributed by atoms with Gasteiger partial charge in [-0.15, -0.1) is 11.3 Å². The molecule has 0 unspecified atom stereocenters. The van der Waals surface area contributed by atoms with Gasteiger partial charge in [0.25, 0.3) is 5.91 Å². The zero-order chi connectivity index (χ0) is 15.0. The number of nitrogen functional groups attached to an aromatic ring is 1. The summed E-state index contributed by atoms with van der Waals surface area (Å²) in [7, 11) is 0. The summed E-state index contributed by atoms with van der Waals surface area (Å²) in [5.74, 6) is -0.157. The van der Waals surface area contributed by atoms with Gasteiger partial charge in [-0.05, 0) is 56.0 Å². The largest absolute Gasteiger partial charge is 0.390 e. The van der Waals surface area contributed by atoms with Crippen molar-refractivity contribution in [1.29, 1.82) is 0 Å². The highest BCUT2D eigenvalue weighted by Crippen LogP contribution is 2.37. The molecule has 1 aromatic heterocycles. The van der Waals surface area contributed by atoms with Crippen LogP contribution in [-0.4, -0.2) is 11.7 Å². The second-order valence-electron chi connectivity index (χ2n) is 5.18. The molecule has 5 heteroatoms. The van der Waals surface area contributed by atoms with Crippen LogP contribution in [0.15, 0.2) is 24.3 Å². The lowest BCUT2D eigenvalue weighted by molar-refractivity contribution is 0.101. The minimum Gasteiger partial charge on any atom is -0.390 e. The molecule has 1 heterocycles. The van der Waals surface area contributed by atoms with Gasteiger partial charge in [-0.3, -0.25) is 9.59 Å². The minimum absolute atomic E-state index is 0.00720. The van der Waals surface area contributed by atoms with Crippen LogP contribution in [0.2, 0.25) is 0 Å². The first kappa shape index (κ1) is 13.8. The molecule has 0 aliphatic heterocycles. The summed E-state index contributed by atoms with van der Waals surface area (Å²) >= 11 is 1.52. The highest BCUT2D eigenvalue weighted by molar-refractivity contribution is 7.16. The Morgan fingerprint density at radius 2 is 1.90 bits per heavy atom. The molecule has 0 bridgehead atoms. The number of fused-ring (bicyclic) bond motifs is 1. The highest BCUT2D eigenvalue weighted by Gasteiger charge is 2.25. The van der Waals surface area contributed by atoms with Gasteiger partial charge < -0.3 is 11.1 Å². The van der Waals surface area contributed by atoms with Gasteiger partial charge in [-0.2, -0.15) is 0 Å². The van der Waals surface area contributed by atoms with Crippen LogP contribution in [0.5, 0.6) is 0 Å². The number of thiophene rings is 1. The van der Waals surface area contributed by atoms with Gasteiger partial charge in [0.15, 0.2) is 5.78 Å². The molecular weight excluding hydrogens is 284 g/mol. The molecule has 0 spiro atoms. The van der Waals surface area contributed by atoms with Crippen molar-refractivity contribution in [1.82, 2.24) is 0 Å². The smallest absolute Gasteiger partial charge is 0.258 e. The Balaban J connectivity index is 1.82. The van der Waals surface area contributed by atoms with Crippen LogP contribution in [0.25, 0.3) is 0 Å². The van der Waals surface area contributed by atoms with Crippen molar-refractivity contribution in [3.8, 4) is 0 Å². The molecule has 0 saturated carbocycles. The molecule has 1 amide bonds. The Kier molecular flexibility index (Phi) is 3.51. The second kappa shape index (κ2) is 5.33. The van der Waals surface area contributed by atoms with Crippen LogP contribution in [0.3, 0.4) is 0 Å². The maximum absolute atomic E-state index is 12.4. The van der Waals surface area contributed by atoms with Crippen molar-refractivity contribution in [3.63, 3.8) is 0 Å². The van der Waals surface area contributed by atoms with E-state index in [1.54, 1.807) is 24.3 Å². The van der Waals surface area contributed by atoms with Crippen molar-refractivity contribution in [3.05, 3.63) is 45.8 Å². The number of nitrogens with two attached hydrogens (primary N) is 1. The van der Waals surface area contributed by atoms with E-state index in [9.17, 15) is 9.59 Å². The number of aryl methyl sites for hydroxylation is 1. The van der Waals surface area contributed by atoms with Crippen LogP contribution < -0.4 is 11.1 Å². The van der Waals surface area contributed by atoms with E-state index >= 15 is 0 Å². The van der Waals surface area contributed by atoms with Gasteiger partial charge in [0.2, 0.25) is 0 Å². The molecular formula is C16H16N2O2S. The van der Waals surface area contributed by atoms with E-state index in [2.05, 4.69) is 5.32 Å². The molecule has 4 nitrogen and oxygen atoms in total. The lowest BCUT2D eigenvalue weighted by Crippen LogP contribution is -2.14. The number of hydrogen-bond acceptors (Lipinski definition) is 4. The number of amides is 1. The molecule has 3 rings (SSSR count). The third kappa shape index (κ3) is 2.56. The maximum atomic E-state index is 12.4. The molecule has 2 aromatic rings. The molecule has 3 N–H and O–H groups in total. The van der Waals surface area contributed by atoms with E-state index in [1.807, 2.05) is 0 Å². The van der Waals surface area contributed by atoms with Crippen molar-refractivity contribution < 1.29 is 9.59 Å². The van der Waals surface area contributed by atoms with E-state index in [-0.39, 0.29) is 11.7 Å². The van der Waals surface area contributed by atoms with Gasteiger partial charge >= 0.3 is 0 Å². The summed E-state index contributed by atoms with van der Waals surface area (Å²) in [6.07, 6.45) is 3.04. The number of carbonyl (C=O) groups is 2. The Bertz CT molecular complexity index is 717. The number of rotatable bonds is 3. The monoisotopic (exact) mass is 300 g/mol. The maximum Gasteiger partial charge on any atom is 0.258 e. The summed E-state index contributed by atoms with van der Waals surface area (Å²) in [4.78, 5) is 24.9. The van der Waals surface area contributed by atoms with Crippen molar-refractivity contribution >= 4 is 33.7 Å². The molecule has 0 saturated heterocycles. The predicted octanol–water partition coefficient (Wildman–Crippen LogP) is 3.27. The number of carbonyl (C=O) groups excluding carboxylic acids is 2. The Morgan fingerprint density at radius 3 is 2.57 bits per heavy atom. The molecule has 108 valence electrons. The first-order valence-electron chi connectivity index (χ1n) is 6.88. The third-order valence-electron chi connectivity index (χ3n) is 3.72. The summed E-state index contributed by atoms with van der Waals surface area (Å²) in [6.45, 7) is 1.52. The Labute approximate surface area is 127 Å². The first-order valence-corrected chi connectivity index (χ1v) is 7.70. The fourth-order valence-electron chi connectivity index (χ4n) is 2.66. The van der Waals surface area contributed by atoms with Crippen molar-refractivity contribution in [2.24, 2.45) is 0 Å². The molecule has 21 heavy (non-hydrogen) atoms. The number of hydrogen-bond donors (Lipinski definition) is 2. The quantitative estimate of drug-likeness (QED) is 0.854. The standard InChI is InChI=1S/C16H16N2O2S/c1-9(19)10-5-7-11(8-6-10)18-16(20)14-12-3-2-4-13(12)21-15(14)17/h5-8H,2-4,17H2,1H3,(H,18,20). The lowest BCUT2D eigenvalue weighted by atomic mass is 10.1. The predicted molar refractivity (Wildman–Crippen MR) is 85.2 cm³/mol. The van der Waals surface area contributed by atoms with E-state index < -0.39 is 0 Å². The topological polar surface area (TPSA) is 72.2 Å². The van der Waals surface area contributed by atoms with Crippen LogP contribution in [-0.2, 0) is 12.8 Å². The van der Waals surface area contributed by atoms with Crippen LogP contribution in [0.1, 0.15) is 44.5 Å². The number of anilines is 2. The Hall–Kier alpha value is -2.14. The van der Waals surface area contributed by atoms with Gasteiger partial charge in [-0.1, -0.05) is 0 Å². The number of Topliss-reactive ketones (excluding diaryl/α,β-unsaturated/α-hetero) is 1. The fraction of sp³-hybridized carbons (Fsp3) is 0.250. The van der Waals surface area contributed by atoms with Crippen molar-refractivity contribution in [2.45, 2.75) is 26.2 Å². The average molecular weight is 300 g/mol. The van der Waals surface area contributed by atoms with Crippen LogP contribution in [0.4, 0.5) is 10.7 Å². The molecule has 1 aliphatic rings. The summed E-state index contributed by atoms with van der Waals surface area (Å²) in [6, 6.07) is 6.88. The SMILES string of the molecule is CC(=O)c1ccc(NC(=O)c2c(N)sc3c2CCC3)cc1. The van der Waals surface area contributed by atoms with Gasteiger partial charge in [0.1, 0.15) is 0 Å². The third-order valence-corrected chi connectivity index (χ3v) is 4.85. The Morgan fingerprint density at radius 1 is 1.19 bits per heavy atom. The zero-order valence-corrected chi connectivity index (χ0v) is 12.5. The van der Waals surface area contributed by atoms with Crippen LogP contribution >= 0.6 is 11.3 Å². The van der Waals surface area contributed by atoms with E-state index in [0.29, 0.717) is 21.8 Å². The summed E-state index contributed by atoms with van der Waals surface area (Å²) in [5, 5.41) is 3.45. The number of nitrogens with one attached hydrogen (secondary N) is 1. The van der Waals surface area contributed by atoms with Gasteiger partial charge in [0, 0.05) is 16.1 Å². The van der Waals surface area contributed by atoms with Crippen LogP contribution in [0, 0.1) is 0 Å². The second-order valence-corrected chi connectivity index (χ2v) is 6.32. The first-order chi connectivity index (χ1) is 10.1. The number of benzene rings is 1. The normalized spacial score (nSPS) is 13.0. The zero-order valence-electron chi connectivity index (χ0n) is 11.7. The van der Waals surface area contributed by atoms with Gasteiger partial charge in [-0.25, -0.2) is 0 Å². The fourth-order valence-corrected chi connectivity index (χ4v) is 3.81. The lowest BCUT2D eigenvalue weighted by Gasteiger charge is -2.07. The molecule has 1 aliphatic carbocycles.